The largest absolute Gasteiger partial charge is 0.347 e. The van der Waals surface area contributed by atoms with E-state index in [1.807, 2.05) is 37.3 Å². The molecule has 2 atom stereocenters. The Morgan fingerprint density at radius 2 is 1.86 bits per heavy atom. The molecule has 1 aliphatic heterocycles. The molecule has 1 aromatic heterocycles. The van der Waals surface area contributed by atoms with Gasteiger partial charge in [0.1, 0.15) is 0 Å². The molecule has 4 rings (SSSR count). The van der Waals surface area contributed by atoms with Crippen LogP contribution >= 0.6 is 0 Å². The molecule has 0 radical (unpaired) electrons. The summed E-state index contributed by atoms with van der Waals surface area (Å²) < 4.78 is 0. The highest BCUT2D eigenvalue weighted by molar-refractivity contribution is 6.38. The molecular formula is C21H22N4O3. The number of nitrogens with zero attached hydrogens (tertiary/aromatic N) is 3. The summed E-state index contributed by atoms with van der Waals surface area (Å²) in [5.41, 5.74) is 1.70. The predicted octanol–water partition coefficient (Wildman–Crippen LogP) is 1.45. The normalized spacial score (nSPS) is 21.6. The van der Waals surface area contributed by atoms with E-state index in [2.05, 4.69) is 15.5 Å². The number of Topliss-reactive ketones (excluding diaryl/α,β-unsaturated/α-hetero) is 1. The lowest BCUT2D eigenvalue weighted by Gasteiger charge is -2.15. The van der Waals surface area contributed by atoms with Crippen LogP contribution in [0.5, 0.6) is 0 Å². The first-order valence-corrected chi connectivity index (χ1v) is 9.53. The number of aryl methyl sites for hydroxylation is 1. The number of amides is 2. The highest BCUT2D eigenvalue weighted by Gasteiger charge is 2.47. The van der Waals surface area contributed by atoms with Gasteiger partial charge in [-0.05, 0) is 43.9 Å². The van der Waals surface area contributed by atoms with Crippen molar-refractivity contribution < 1.29 is 14.4 Å². The van der Waals surface area contributed by atoms with Crippen LogP contribution in [-0.4, -0.2) is 40.4 Å². The topological polar surface area (TPSA) is 92.3 Å². The molecule has 0 spiro atoms. The molecule has 144 valence electrons. The van der Waals surface area contributed by atoms with E-state index in [0.717, 1.165) is 24.1 Å². The Hall–Kier alpha value is -3.09. The molecule has 2 heterocycles. The Morgan fingerprint density at radius 1 is 1.11 bits per heavy atom. The van der Waals surface area contributed by atoms with Crippen LogP contribution in [0.2, 0.25) is 0 Å². The lowest BCUT2D eigenvalue weighted by atomic mass is 9.86. The molecular weight excluding hydrogens is 356 g/mol. The highest BCUT2D eigenvalue weighted by Crippen LogP contribution is 2.32. The average Bonchev–Trinajstić information content (AvgIpc) is 3.46. The van der Waals surface area contributed by atoms with Crippen LogP contribution in [0.25, 0.3) is 0 Å². The van der Waals surface area contributed by atoms with Crippen molar-refractivity contribution in [1.29, 1.82) is 0 Å². The summed E-state index contributed by atoms with van der Waals surface area (Å²) in [6.45, 7) is 1.96. The lowest BCUT2D eigenvalue weighted by Crippen LogP contribution is -2.39. The number of hydrogen-bond acceptors (Lipinski definition) is 5. The van der Waals surface area contributed by atoms with Gasteiger partial charge in [-0.1, -0.05) is 30.3 Å². The molecule has 28 heavy (non-hydrogen) atoms. The van der Waals surface area contributed by atoms with Crippen LogP contribution in [0.1, 0.15) is 24.1 Å². The van der Waals surface area contributed by atoms with Gasteiger partial charge in [0.05, 0.1) is 17.5 Å². The number of carbonyl (C=O) groups excluding carboxylic acids is 3. The number of benzene rings is 1. The number of nitrogens with one attached hydrogen (secondary N) is 1. The summed E-state index contributed by atoms with van der Waals surface area (Å²) in [6.07, 6.45) is 2.21. The maximum Gasteiger partial charge on any atom is 0.287 e. The minimum atomic E-state index is -0.699. The fourth-order valence-corrected chi connectivity index (χ4v) is 3.54. The molecule has 0 unspecified atom stereocenters. The Bertz CT molecular complexity index is 894. The zero-order chi connectivity index (χ0) is 19.7. The zero-order valence-electron chi connectivity index (χ0n) is 15.7. The van der Waals surface area contributed by atoms with Gasteiger partial charge in [0.15, 0.2) is 5.82 Å². The summed E-state index contributed by atoms with van der Waals surface area (Å²) in [7, 11) is 0. The van der Waals surface area contributed by atoms with Crippen LogP contribution in [-0.2, 0) is 20.8 Å². The van der Waals surface area contributed by atoms with Gasteiger partial charge >= 0.3 is 0 Å². The van der Waals surface area contributed by atoms with Gasteiger partial charge in [0.2, 0.25) is 11.7 Å². The minimum absolute atomic E-state index is 0.0974. The van der Waals surface area contributed by atoms with Crippen molar-refractivity contribution in [1.82, 2.24) is 15.5 Å². The van der Waals surface area contributed by atoms with Crippen molar-refractivity contribution >= 4 is 23.4 Å². The standard InChI is InChI=1S/C21H22N4O3/c1-13-7-10-18(24-23-13)25-12-17(19(26)20(27)22-15-8-9-15)16(21(25)28)11-14-5-3-2-4-6-14/h2-7,10,15-17H,8-9,11-12H2,1H3,(H,22,27)/t16-,17+/m1/s1. The van der Waals surface area contributed by atoms with Crippen molar-refractivity contribution in [2.45, 2.75) is 32.2 Å². The number of rotatable bonds is 6. The number of hydrogen-bond donors (Lipinski definition) is 1. The predicted molar refractivity (Wildman–Crippen MR) is 102 cm³/mol. The molecule has 1 aliphatic carbocycles. The first kappa shape index (κ1) is 18.3. The van der Waals surface area contributed by atoms with Crippen LogP contribution in [0.4, 0.5) is 5.82 Å². The van der Waals surface area contributed by atoms with Crippen molar-refractivity contribution in [2.75, 3.05) is 11.4 Å². The summed E-state index contributed by atoms with van der Waals surface area (Å²) in [6, 6.07) is 13.1. The van der Waals surface area contributed by atoms with Gasteiger partial charge in [-0.15, -0.1) is 5.10 Å². The average molecular weight is 378 g/mol. The van der Waals surface area contributed by atoms with Crippen LogP contribution in [0.3, 0.4) is 0 Å². The summed E-state index contributed by atoms with van der Waals surface area (Å²) >= 11 is 0. The van der Waals surface area contributed by atoms with E-state index in [4.69, 9.17) is 0 Å². The molecule has 7 nitrogen and oxygen atoms in total. The second kappa shape index (κ2) is 7.50. The van der Waals surface area contributed by atoms with E-state index in [1.165, 1.54) is 4.90 Å². The van der Waals surface area contributed by atoms with Crippen LogP contribution < -0.4 is 10.2 Å². The molecule has 1 saturated heterocycles. The lowest BCUT2D eigenvalue weighted by molar-refractivity contribution is -0.141. The second-order valence-corrected chi connectivity index (χ2v) is 7.50. The molecule has 1 N–H and O–H groups in total. The zero-order valence-corrected chi connectivity index (χ0v) is 15.7. The van der Waals surface area contributed by atoms with E-state index in [1.54, 1.807) is 12.1 Å². The first-order valence-electron chi connectivity index (χ1n) is 9.53. The third-order valence-electron chi connectivity index (χ3n) is 5.28. The van der Waals surface area contributed by atoms with Gasteiger partial charge < -0.3 is 5.32 Å². The Labute approximate surface area is 163 Å². The maximum absolute atomic E-state index is 13.1. The molecule has 2 amide bonds. The fourth-order valence-electron chi connectivity index (χ4n) is 3.54. The van der Waals surface area contributed by atoms with E-state index >= 15 is 0 Å². The summed E-state index contributed by atoms with van der Waals surface area (Å²) in [5.74, 6) is -2.19. The fraction of sp³-hybridized carbons (Fsp3) is 0.381. The smallest absolute Gasteiger partial charge is 0.287 e. The van der Waals surface area contributed by atoms with E-state index in [9.17, 15) is 14.4 Å². The van der Waals surface area contributed by atoms with Gasteiger partial charge in [0, 0.05) is 12.6 Å². The molecule has 2 fully saturated rings. The van der Waals surface area contributed by atoms with Crippen LogP contribution in [0.15, 0.2) is 42.5 Å². The maximum atomic E-state index is 13.1. The monoisotopic (exact) mass is 378 g/mol. The van der Waals surface area contributed by atoms with Crippen molar-refractivity contribution in [3.8, 4) is 0 Å². The number of aromatic nitrogens is 2. The van der Waals surface area contributed by atoms with E-state index in [0.29, 0.717) is 12.2 Å². The SMILES string of the molecule is Cc1ccc(N2C[C@H](C(=O)C(=O)NC3CC3)[C@@H](Cc3ccccc3)C2=O)nn1. The number of ketones is 1. The molecule has 0 bridgehead atoms. The van der Waals surface area contributed by atoms with Crippen molar-refractivity contribution in [3.05, 3.63) is 53.7 Å². The van der Waals surface area contributed by atoms with E-state index in [-0.39, 0.29) is 18.5 Å². The van der Waals surface area contributed by atoms with E-state index < -0.39 is 23.5 Å². The molecule has 7 heteroatoms. The summed E-state index contributed by atoms with van der Waals surface area (Å²) in [4.78, 5) is 39.8. The highest BCUT2D eigenvalue weighted by atomic mass is 16.2. The molecule has 2 aromatic rings. The van der Waals surface area contributed by atoms with Crippen LogP contribution in [0, 0.1) is 18.8 Å². The second-order valence-electron chi connectivity index (χ2n) is 7.50. The van der Waals surface area contributed by atoms with Crippen molar-refractivity contribution in [2.24, 2.45) is 11.8 Å². The van der Waals surface area contributed by atoms with Gasteiger partial charge in [-0.2, -0.15) is 5.10 Å². The third kappa shape index (κ3) is 3.78. The molecule has 2 aliphatic rings. The van der Waals surface area contributed by atoms with Gasteiger partial charge in [-0.25, -0.2) is 0 Å². The minimum Gasteiger partial charge on any atom is -0.347 e. The Morgan fingerprint density at radius 3 is 2.50 bits per heavy atom. The van der Waals surface area contributed by atoms with Gasteiger partial charge in [-0.3, -0.25) is 19.3 Å². The first-order chi connectivity index (χ1) is 13.5. The van der Waals surface area contributed by atoms with Crippen molar-refractivity contribution in [3.63, 3.8) is 0 Å². The Balaban J connectivity index is 1.60. The molecule has 1 aromatic carbocycles. The number of carbonyl (C=O) groups is 3. The van der Waals surface area contributed by atoms with Gasteiger partial charge in [0.25, 0.3) is 5.91 Å². The molecule has 1 saturated carbocycles. The summed E-state index contributed by atoms with van der Waals surface area (Å²) in [5, 5.41) is 10.8. The quantitative estimate of drug-likeness (QED) is 0.768. The number of anilines is 1. The Kier molecular flexibility index (Phi) is 4.90. The third-order valence-corrected chi connectivity index (χ3v) is 5.28.